The molecule has 2 N–H and O–H groups in total. The molecular weight excluding hydrogens is 416 g/mol. The van der Waals surface area contributed by atoms with Crippen molar-refractivity contribution in [1.82, 2.24) is 10.1 Å². The van der Waals surface area contributed by atoms with Gasteiger partial charge < -0.3 is 19.7 Å². The average Bonchev–Trinajstić information content (AvgIpc) is 3.13. The van der Waals surface area contributed by atoms with Crippen LogP contribution in [0, 0.1) is 6.92 Å². The first kappa shape index (κ1) is 19.8. The van der Waals surface area contributed by atoms with Crippen LogP contribution in [-0.4, -0.2) is 21.9 Å². The molecule has 0 atom stereocenters. The van der Waals surface area contributed by atoms with Crippen molar-refractivity contribution in [3.05, 3.63) is 69.1 Å². The predicted molar refractivity (Wildman–Crippen MR) is 117 cm³/mol. The molecule has 2 aromatic heterocycles. The molecule has 0 radical (unpaired) electrons. The number of aromatic nitrogens is 2. The zero-order chi connectivity index (χ0) is 21.8. The lowest BCUT2D eigenvalue weighted by atomic mass is 9.65. The van der Waals surface area contributed by atoms with Gasteiger partial charge in [-0.2, -0.15) is 0 Å². The van der Waals surface area contributed by atoms with Crippen LogP contribution < -0.4 is 10.7 Å². The van der Waals surface area contributed by atoms with Gasteiger partial charge in [-0.15, -0.1) is 0 Å². The van der Waals surface area contributed by atoms with Crippen LogP contribution in [0.1, 0.15) is 30.5 Å². The summed E-state index contributed by atoms with van der Waals surface area (Å²) in [4.78, 5) is 15.2. The molecule has 2 aromatic carbocycles. The number of fused-ring (bicyclic) bond motifs is 1. The number of aromatic amines is 1. The number of nitrogens with one attached hydrogen (secondary N) is 1. The van der Waals surface area contributed by atoms with Gasteiger partial charge in [0.05, 0.1) is 22.9 Å². The van der Waals surface area contributed by atoms with Crippen LogP contribution in [-0.2, 0) is 5.41 Å². The normalized spacial score (nSPS) is 15.2. The molecule has 31 heavy (non-hydrogen) atoms. The maximum atomic E-state index is 13.1. The summed E-state index contributed by atoms with van der Waals surface area (Å²) >= 11 is 6.51. The summed E-state index contributed by atoms with van der Waals surface area (Å²) in [5.41, 5.74) is 2.84. The molecule has 2 heterocycles. The van der Waals surface area contributed by atoms with Crippen LogP contribution in [0.25, 0.3) is 33.4 Å². The second-order valence-corrected chi connectivity index (χ2v) is 8.64. The molecule has 1 aliphatic carbocycles. The van der Waals surface area contributed by atoms with Crippen molar-refractivity contribution in [2.24, 2.45) is 0 Å². The summed E-state index contributed by atoms with van der Waals surface area (Å²) in [6, 6.07) is 12.8. The third kappa shape index (κ3) is 3.14. The van der Waals surface area contributed by atoms with Crippen molar-refractivity contribution >= 4 is 22.5 Å². The number of halogens is 1. The van der Waals surface area contributed by atoms with Gasteiger partial charge in [0.25, 0.3) is 5.56 Å². The van der Waals surface area contributed by atoms with Crippen molar-refractivity contribution in [1.29, 1.82) is 0 Å². The van der Waals surface area contributed by atoms with E-state index >= 15 is 0 Å². The van der Waals surface area contributed by atoms with E-state index in [1.54, 1.807) is 25.1 Å². The number of nitrogens with zero attached hydrogens (tertiary/aromatic N) is 1. The maximum absolute atomic E-state index is 13.1. The number of aryl methyl sites for hydroxylation is 1. The standard InChI is InChI=1S/C24H21ClN2O4/c1-13-9-20(31-27-13)21-22(29)17-10-16(18(25)11-19(17)26-23(21)30)14-3-5-15(6-4-14)24(12-28)7-2-8-24/h3-6,9-11,28H,2,7-8,12H2,1H3,(H2,26,29,30)/p-1. The smallest absolute Gasteiger partial charge is 0.258 e. The lowest BCUT2D eigenvalue weighted by molar-refractivity contribution is -0.265. The number of H-pyrrole nitrogens is 1. The summed E-state index contributed by atoms with van der Waals surface area (Å²) in [6.45, 7) is 1.86. The van der Waals surface area contributed by atoms with Crippen LogP contribution >= 0.6 is 11.6 Å². The molecule has 0 saturated heterocycles. The Labute approximate surface area is 183 Å². The average molecular weight is 436 g/mol. The van der Waals surface area contributed by atoms with Gasteiger partial charge in [0.15, 0.2) is 5.76 Å². The predicted octanol–water partition coefficient (Wildman–Crippen LogP) is 4.30. The quantitative estimate of drug-likeness (QED) is 0.497. The minimum Gasteiger partial charge on any atom is -0.871 e. The first-order chi connectivity index (χ1) is 14.9. The Bertz CT molecular complexity index is 1350. The largest absolute Gasteiger partial charge is 0.871 e. The fraction of sp³-hybridized carbons (Fsp3) is 0.250. The topological polar surface area (TPSA) is 102 Å². The third-order valence-corrected chi connectivity index (χ3v) is 6.66. The van der Waals surface area contributed by atoms with Crippen molar-refractivity contribution in [3.63, 3.8) is 0 Å². The van der Waals surface area contributed by atoms with E-state index < -0.39 is 11.3 Å². The van der Waals surface area contributed by atoms with Gasteiger partial charge in [-0.1, -0.05) is 53.2 Å². The van der Waals surface area contributed by atoms with Gasteiger partial charge in [-0.3, -0.25) is 4.79 Å². The molecule has 0 unspecified atom stereocenters. The van der Waals surface area contributed by atoms with Crippen LogP contribution in [0.15, 0.2) is 51.8 Å². The molecular formula is C24H20ClN2O4-. The van der Waals surface area contributed by atoms with Crippen molar-refractivity contribution in [2.45, 2.75) is 31.6 Å². The van der Waals surface area contributed by atoms with E-state index in [1.807, 2.05) is 24.3 Å². The van der Waals surface area contributed by atoms with E-state index in [4.69, 9.17) is 16.1 Å². The highest BCUT2D eigenvalue weighted by molar-refractivity contribution is 6.34. The van der Waals surface area contributed by atoms with E-state index in [1.165, 1.54) is 0 Å². The molecule has 5 rings (SSSR count). The molecule has 0 aliphatic heterocycles. The first-order valence-corrected chi connectivity index (χ1v) is 10.5. The lowest BCUT2D eigenvalue weighted by Crippen LogP contribution is -2.37. The first-order valence-electron chi connectivity index (χ1n) is 10.1. The molecule has 0 spiro atoms. The fourth-order valence-corrected chi connectivity index (χ4v) is 4.63. The van der Waals surface area contributed by atoms with Crippen LogP contribution in [0.2, 0.25) is 5.02 Å². The monoisotopic (exact) mass is 435 g/mol. The van der Waals surface area contributed by atoms with E-state index in [0.717, 1.165) is 30.4 Å². The van der Waals surface area contributed by atoms with E-state index in [-0.39, 0.29) is 23.3 Å². The molecule has 1 aliphatic rings. The Morgan fingerprint density at radius 3 is 2.55 bits per heavy atom. The van der Waals surface area contributed by atoms with Gasteiger partial charge in [0.2, 0.25) is 0 Å². The van der Waals surface area contributed by atoms with Gasteiger partial charge >= 0.3 is 0 Å². The Morgan fingerprint density at radius 1 is 1.23 bits per heavy atom. The lowest BCUT2D eigenvalue weighted by Gasteiger charge is -2.41. The second-order valence-electron chi connectivity index (χ2n) is 8.24. The summed E-state index contributed by atoms with van der Waals surface area (Å²) < 4.78 is 5.15. The highest BCUT2D eigenvalue weighted by atomic mass is 35.5. The minimum absolute atomic E-state index is 0.0772. The number of rotatable bonds is 4. The maximum Gasteiger partial charge on any atom is 0.258 e. The molecule has 4 aromatic rings. The van der Waals surface area contributed by atoms with Crippen LogP contribution in [0.4, 0.5) is 0 Å². The molecule has 0 amide bonds. The Morgan fingerprint density at radius 2 is 1.97 bits per heavy atom. The summed E-state index contributed by atoms with van der Waals surface area (Å²) in [6.07, 6.45) is 3.09. The summed E-state index contributed by atoms with van der Waals surface area (Å²) in [5.74, 6) is -0.292. The molecule has 158 valence electrons. The van der Waals surface area contributed by atoms with Gasteiger partial charge in [-0.05, 0) is 48.4 Å². The number of pyridine rings is 1. The van der Waals surface area contributed by atoms with Crippen molar-refractivity contribution in [2.75, 3.05) is 6.61 Å². The van der Waals surface area contributed by atoms with Gasteiger partial charge in [-0.25, -0.2) is 0 Å². The minimum atomic E-state index is -0.545. The highest BCUT2D eigenvalue weighted by Gasteiger charge is 2.37. The van der Waals surface area contributed by atoms with Crippen LogP contribution in [0.3, 0.4) is 0 Å². The molecule has 6 nitrogen and oxygen atoms in total. The van der Waals surface area contributed by atoms with E-state index in [9.17, 15) is 15.0 Å². The number of aliphatic hydroxyl groups is 1. The van der Waals surface area contributed by atoms with Crippen molar-refractivity contribution < 1.29 is 14.7 Å². The zero-order valence-corrected chi connectivity index (χ0v) is 17.6. The summed E-state index contributed by atoms with van der Waals surface area (Å²) in [5, 5.41) is 27.5. The van der Waals surface area contributed by atoms with Crippen molar-refractivity contribution in [3.8, 4) is 28.2 Å². The Hall–Kier alpha value is -3.09. The zero-order valence-electron chi connectivity index (χ0n) is 16.9. The molecule has 0 bridgehead atoms. The molecule has 1 saturated carbocycles. The van der Waals surface area contributed by atoms with E-state index in [0.29, 0.717) is 27.2 Å². The SMILES string of the molecule is Cc1cc(-c2c([O-])c3cc(-c4ccc(C5(CO)CCC5)cc4)c(Cl)cc3[nH]c2=O)on1. The molecule has 1 fully saturated rings. The Balaban J connectivity index is 1.63. The third-order valence-electron chi connectivity index (χ3n) is 6.35. The van der Waals surface area contributed by atoms with Gasteiger partial charge in [0.1, 0.15) is 0 Å². The summed E-state index contributed by atoms with van der Waals surface area (Å²) in [7, 11) is 0. The van der Waals surface area contributed by atoms with Gasteiger partial charge in [0, 0.05) is 22.6 Å². The number of aliphatic hydroxyl groups excluding tert-OH is 1. The second kappa shape index (κ2) is 7.25. The fourth-order valence-electron chi connectivity index (χ4n) is 4.36. The van der Waals surface area contributed by atoms with Crippen LogP contribution in [0.5, 0.6) is 5.75 Å². The number of benzene rings is 2. The highest BCUT2D eigenvalue weighted by Crippen LogP contribution is 2.44. The number of hydrogen-bond acceptors (Lipinski definition) is 5. The molecule has 7 heteroatoms. The Kier molecular flexibility index (Phi) is 4.64. The number of hydrogen-bond donors (Lipinski definition) is 2. The van der Waals surface area contributed by atoms with E-state index in [2.05, 4.69) is 10.1 Å².